The van der Waals surface area contributed by atoms with Crippen LogP contribution in [0, 0.1) is 5.41 Å². The fourth-order valence-corrected chi connectivity index (χ4v) is 7.76. The molecule has 3 amide bonds. The van der Waals surface area contributed by atoms with E-state index in [4.69, 9.17) is 0 Å². The summed E-state index contributed by atoms with van der Waals surface area (Å²) in [5.74, 6) is -0.988. The molecule has 0 saturated carbocycles. The van der Waals surface area contributed by atoms with Crippen LogP contribution in [0.2, 0.25) is 0 Å². The van der Waals surface area contributed by atoms with Crippen molar-refractivity contribution >= 4 is 59.8 Å². The quantitative estimate of drug-likeness (QED) is 0.468. The summed E-state index contributed by atoms with van der Waals surface area (Å²) in [5, 5.41) is 10.2. The number of halogens is 2. The molecule has 2 aliphatic rings. The minimum Gasteiger partial charge on any atom is -0.465 e. The van der Waals surface area contributed by atoms with E-state index in [1.165, 1.54) is 11.0 Å². The van der Waals surface area contributed by atoms with Gasteiger partial charge in [-0.3, -0.25) is 19.4 Å². The van der Waals surface area contributed by atoms with Crippen LogP contribution in [0.25, 0.3) is 0 Å². The molecule has 0 unspecified atom stereocenters. The molecule has 2 atom stereocenters. The number of benzene rings is 2. The summed E-state index contributed by atoms with van der Waals surface area (Å²) < 4.78 is 30.1. The maximum Gasteiger partial charge on any atom is 0.407 e. The number of hydrogen-bond donors (Lipinski definition) is 2. The number of nitrogens with zero attached hydrogens (tertiary/aromatic N) is 2. The van der Waals surface area contributed by atoms with Gasteiger partial charge in [-0.25, -0.2) is 17.9 Å². The second-order valence-corrected chi connectivity index (χ2v) is 13.5. The number of carbonyl (C=O) groups is 3. The molecular weight excluding hydrogens is 618 g/mol. The van der Waals surface area contributed by atoms with Crippen molar-refractivity contribution in [3.05, 3.63) is 62.5 Å². The Morgan fingerprint density at radius 1 is 1.11 bits per heavy atom. The zero-order chi connectivity index (χ0) is 26.6. The normalized spacial score (nSPS) is 22.3. The van der Waals surface area contributed by atoms with Crippen molar-refractivity contribution in [2.75, 3.05) is 13.1 Å². The van der Waals surface area contributed by atoms with Crippen LogP contribution in [0.15, 0.2) is 56.3 Å². The molecule has 4 rings (SSSR count). The molecule has 12 heteroatoms. The molecule has 2 N–H and O–H groups in total. The van der Waals surface area contributed by atoms with E-state index in [1.54, 1.807) is 36.4 Å². The van der Waals surface area contributed by atoms with E-state index in [9.17, 15) is 27.9 Å². The molecule has 2 aromatic carbocycles. The first-order valence-corrected chi connectivity index (χ1v) is 14.2. The number of hydrogen-bond acceptors (Lipinski definition) is 5. The van der Waals surface area contributed by atoms with Gasteiger partial charge in [-0.1, -0.05) is 48.8 Å². The number of likely N-dealkylation sites (tertiary alicyclic amines) is 1. The summed E-state index contributed by atoms with van der Waals surface area (Å²) in [4.78, 5) is 40.9. The van der Waals surface area contributed by atoms with Gasteiger partial charge in [-0.2, -0.15) is 0 Å². The van der Waals surface area contributed by atoms with Gasteiger partial charge in [0.25, 0.3) is 11.8 Å². The van der Waals surface area contributed by atoms with Gasteiger partial charge < -0.3 is 5.11 Å². The lowest BCUT2D eigenvalue weighted by molar-refractivity contribution is 0.00664. The molecule has 0 radical (unpaired) electrons. The molecule has 36 heavy (non-hydrogen) atoms. The number of rotatable bonds is 5. The Kier molecular flexibility index (Phi) is 6.87. The number of amides is 3. The van der Waals surface area contributed by atoms with Crippen molar-refractivity contribution in [1.29, 1.82) is 0 Å². The Morgan fingerprint density at radius 3 is 2.22 bits per heavy atom. The summed E-state index contributed by atoms with van der Waals surface area (Å²) in [6.07, 6.45) is -1.19. The lowest BCUT2D eigenvalue weighted by Gasteiger charge is -2.48. The summed E-state index contributed by atoms with van der Waals surface area (Å²) >= 11 is 6.54. The maximum absolute atomic E-state index is 13.2. The molecule has 1 saturated heterocycles. The van der Waals surface area contributed by atoms with Crippen LogP contribution in [0.1, 0.15) is 47.9 Å². The molecule has 2 aliphatic heterocycles. The Hall–Kier alpha value is -2.28. The standard InChI is InChI=1S/C24H25Br2N3O6S/c1-23(2,3)24(13-28-20(30)16-6-4-5-7-17(16)21(28)31)11-15(12-29(24)22(32)33)27-36(34,35)19-10-14(25)8-9-18(19)26/h4-10,15,27H,11-13H2,1-3H3,(H,32,33)/t15-,24+/m1/s1. The largest absolute Gasteiger partial charge is 0.465 e. The fourth-order valence-electron chi connectivity index (χ4n) is 5.03. The highest BCUT2D eigenvalue weighted by molar-refractivity contribution is 9.11. The van der Waals surface area contributed by atoms with Crippen molar-refractivity contribution < 1.29 is 27.9 Å². The van der Waals surface area contributed by atoms with Gasteiger partial charge in [0.2, 0.25) is 10.0 Å². The van der Waals surface area contributed by atoms with Gasteiger partial charge in [-0.15, -0.1) is 0 Å². The molecule has 0 aromatic heterocycles. The number of sulfonamides is 1. The van der Waals surface area contributed by atoms with E-state index in [0.29, 0.717) is 8.95 Å². The predicted octanol–water partition coefficient (Wildman–Crippen LogP) is 4.32. The Morgan fingerprint density at radius 2 is 1.69 bits per heavy atom. The first-order chi connectivity index (χ1) is 16.7. The first-order valence-electron chi connectivity index (χ1n) is 11.1. The SMILES string of the molecule is CC(C)(C)[C@@]1(CN2C(=O)c3ccccc3C2=O)C[C@@H](NS(=O)(=O)c2cc(Br)ccc2Br)CN1C(=O)O. The van der Waals surface area contributed by atoms with Crippen LogP contribution in [0.3, 0.4) is 0 Å². The first kappa shape index (κ1) is 26.8. The molecule has 9 nitrogen and oxygen atoms in total. The molecule has 0 spiro atoms. The number of imide groups is 1. The third-order valence-electron chi connectivity index (χ3n) is 6.93. The number of fused-ring (bicyclic) bond motifs is 1. The van der Waals surface area contributed by atoms with Crippen molar-refractivity contribution in [3.63, 3.8) is 0 Å². The smallest absolute Gasteiger partial charge is 0.407 e. The van der Waals surface area contributed by atoms with Gasteiger partial charge in [0.15, 0.2) is 0 Å². The van der Waals surface area contributed by atoms with Gasteiger partial charge in [0.1, 0.15) is 0 Å². The molecule has 2 heterocycles. The van der Waals surface area contributed by atoms with Crippen LogP contribution in [-0.4, -0.2) is 65.9 Å². The molecular formula is C24H25Br2N3O6S. The number of carboxylic acid groups (broad SMARTS) is 1. The molecule has 192 valence electrons. The summed E-state index contributed by atoms with van der Waals surface area (Å²) in [5.41, 5.74) is -1.46. The van der Waals surface area contributed by atoms with E-state index in [2.05, 4.69) is 36.6 Å². The third-order valence-corrected chi connectivity index (χ3v) is 9.94. The Bertz CT molecular complexity index is 1340. The molecule has 0 bridgehead atoms. The van der Waals surface area contributed by atoms with Crippen molar-refractivity contribution in [2.24, 2.45) is 5.41 Å². The van der Waals surface area contributed by atoms with Crippen molar-refractivity contribution in [1.82, 2.24) is 14.5 Å². The van der Waals surface area contributed by atoms with Crippen LogP contribution in [0.4, 0.5) is 4.79 Å². The van der Waals surface area contributed by atoms with Crippen LogP contribution >= 0.6 is 31.9 Å². The monoisotopic (exact) mass is 641 g/mol. The van der Waals surface area contributed by atoms with Gasteiger partial charge in [0, 0.05) is 21.5 Å². The van der Waals surface area contributed by atoms with Crippen molar-refractivity contribution in [3.8, 4) is 0 Å². The summed E-state index contributed by atoms with van der Waals surface area (Å²) in [6, 6.07) is 10.4. The minimum atomic E-state index is -4.03. The van der Waals surface area contributed by atoms with Crippen LogP contribution < -0.4 is 4.72 Å². The van der Waals surface area contributed by atoms with Crippen LogP contribution in [0.5, 0.6) is 0 Å². The van der Waals surface area contributed by atoms with E-state index < -0.39 is 44.9 Å². The molecule has 1 fully saturated rings. The van der Waals surface area contributed by atoms with E-state index in [-0.39, 0.29) is 35.5 Å². The second-order valence-electron chi connectivity index (χ2n) is 10.0. The number of nitrogens with one attached hydrogen (secondary N) is 1. The average Bonchev–Trinajstić information content (AvgIpc) is 3.27. The Balaban J connectivity index is 1.70. The average molecular weight is 643 g/mol. The fraction of sp³-hybridized carbons (Fsp3) is 0.375. The lowest BCUT2D eigenvalue weighted by Crippen LogP contribution is -2.61. The Labute approximate surface area is 226 Å². The highest BCUT2D eigenvalue weighted by Crippen LogP contribution is 2.46. The van der Waals surface area contributed by atoms with E-state index in [0.717, 1.165) is 4.90 Å². The number of carbonyl (C=O) groups excluding carboxylic acids is 2. The predicted molar refractivity (Wildman–Crippen MR) is 139 cm³/mol. The highest BCUT2D eigenvalue weighted by atomic mass is 79.9. The lowest BCUT2D eigenvalue weighted by atomic mass is 9.71. The van der Waals surface area contributed by atoms with E-state index >= 15 is 0 Å². The minimum absolute atomic E-state index is 0.00681. The van der Waals surface area contributed by atoms with Gasteiger partial charge >= 0.3 is 6.09 Å². The summed E-state index contributed by atoms with van der Waals surface area (Å²) in [7, 11) is -4.03. The molecule has 0 aliphatic carbocycles. The van der Waals surface area contributed by atoms with E-state index in [1.807, 2.05) is 20.8 Å². The topological polar surface area (TPSA) is 124 Å². The highest BCUT2D eigenvalue weighted by Gasteiger charge is 2.58. The summed E-state index contributed by atoms with van der Waals surface area (Å²) in [6.45, 7) is 5.13. The van der Waals surface area contributed by atoms with Crippen molar-refractivity contribution in [2.45, 2.75) is 43.7 Å². The zero-order valence-electron chi connectivity index (χ0n) is 19.8. The van der Waals surface area contributed by atoms with Gasteiger partial charge in [-0.05, 0) is 58.1 Å². The maximum atomic E-state index is 13.2. The third kappa shape index (κ3) is 4.48. The van der Waals surface area contributed by atoms with Crippen LogP contribution in [-0.2, 0) is 10.0 Å². The molecule has 2 aromatic rings. The van der Waals surface area contributed by atoms with Gasteiger partial charge in [0.05, 0.1) is 28.1 Å². The zero-order valence-corrected chi connectivity index (χ0v) is 23.8. The second kappa shape index (κ2) is 9.23.